The van der Waals surface area contributed by atoms with Gasteiger partial charge in [-0.3, -0.25) is 4.79 Å². The maximum atomic E-state index is 12.2. The molecule has 29 heavy (non-hydrogen) atoms. The standard InChI is InChI=1S/C23H21N3O3/c1-14-4-3-5-17(12-14)26-23(28)25-16-8-6-15(7-9-16)18-10-11-20(29-2)21-19(18)13-24-22(21)27/h3-12H,13H2,1-2H3,(H,24,27)(H2,25,26,28). The first-order valence-electron chi connectivity index (χ1n) is 9.28. The molecule has 0 saturated heterocycles. The first-order chi connectivity index (χ1) is 14.0. The van der Waals surface area contributed by atoms with Gasteiger partial charge in [-0.1, -0.05) is 30.3 Å². The van der Waals surface area contributed by atoms with Crippen molar-refractivity contribution in [1.82, 2.24) is 5.32 Å². The van der Waals surface area contributed by atoms with Crippen LogP contribution in [0.25, 0.3) is 11.1 Å². The van der Waals surface area contributed by atoms with Crippen molar-refractivity contribution in [3.63, 3.8) is 0 Å². The molecule has 1 aliphatic rings. The van der Waals surface area contributed by atoms with Crippen molar-refractivity contribution in [3.05, 3.63) is 77.4 Å². The van der Waals surface area contributed by atoms with E-state index in [9.17, 15) is 9.59 Å². The summed E-state index contributed by atoms with van der Waals surface area (Å²) < 4.78 is 5.32. The van der Waals surface area contributed by atoms with Gasteiger partial charge in [0.1, 0.15) is 5.75 Å². The maximum absolute atomic E-state index is 12.2. The molecule has 1 aliphatic heterocycles. The van der Waals surface area contributed by atoms with E-state index in [1.54, 1.807) is 13.2 Å². The van der Waals surface area contributed by atoms with Crippen LogP contribution in [0.1, 0.15) is 21.5 Å². The number of nitrogens with one attached hydrogen (secondary N) is 3. The predicted octanol–water partition coefficient (Wildman–Crippen LogP) is 4.56. The van der Waals surface area contributed by atoms with Gasteiger partial charge < -0.3 is 20.7 Å². The van der Waals surface area contributed by atoms with Gasteiger partial charge in [-0.15, -0.1) is 0 Å². The van der Waals surface area contributed by atoms with Gasteiger partial charge in [0, 0.05) is 17.9 Å². The lowest BCUT2D eigenvalue weighted by Gasteiger charge is -2.12. The van der Waals surface area contributed by atoms with Crippen LogP contribution in [-0.2, 0) is 6.54 Å². The van der Waals surface area contributed by atoms with E-state index in [1.807, 2.05) is 61.5 Å². The van der Waals surface area contributed by atoms with Crippen molar-refractivity contribution >= 4 is 23.3 Å². The normalized spacial score (nSPS) is 12.1. The van der Waals surface area contributed by atoms with Gasteiger partial charge in [-0.2, -0.15) is 0 Å². The zero-order valence-corrected chi connectivity index (χ0v) is 16.2. The first-order valence-corrected chi connectivity index (χ1v) is 9.28. The minimum atomic E-state index is -0.302. The maximum Gasteiger partial charge on any atom is 0.323 e. The molecule has 0 unspecified atom stereocenters. The molecular formula is C23H21N3O3. The number of anilines is 2. The molecule has 0 atom stereocenters. The topological polar surface area (TPSA) is 79.5 Å². The number of urea groups is 1. The molecule has 0 spiro atoms. The summed E-state index contributed by atoms with van der Waals surface area (Å²) >= 11 is 0. The number of ether oxygens (including phenoxy) is 1. The first kappa shape index (κ1) is 18.6. The third-order valence-electron chi connectivity index (χ3n) is 4.88. The SMILES string of the molecule is COc1ccc(-c2ccc(NC(=O)Nc3cccc(C)c3)cc2)c2c1C(=O)NC2. The van der Waals surface area contributed by atoms with Crippen molar-refractivity contribution in [2.45, 2.75) is 13.5 Å². The molecule has 6 heteroatoms. The van der Waals surface area contributed by atoms with Crippen LogP contribution in [0.4, 0.5) is 16.2 Å². The van der Waals surface area contributed by atoms with Gasteiger partial charge in [0.25, 0.3) is 5.91 Å². The molecule has 0 aromatic heterocycles. The van der Waals surface area contributed by atoms with Crippen LogP contribution in [0.3, 0.4) is 0 Å². The summed E-state index contributed by atoms with van der Waals surface area (Å²) in [7, 11) is 1.56. The number of methoxy groups -OCH3 is 1. The van der Waals surface area contributed by atoms with Crippen molar-refractivity contribution in [2.24, 2.45) is 0 Å². The molecule has 3 N–H and O–H groups in total. The highest BCUT2D eigenvalue weighted by atomic mass is 16.5. The Morgan fingerprint density at radius 1 is 1.00 bits per heavy atom. The fraction of sp³-hybridized carbons (Fsp3) is 0.130. The third-order valence-corrected chi connectivity index (χ3v) is 4.88. The van der Waals surface area contributed by atoms with E-state index in [-0.39, 0.29) is 11.9 Å². The molecule has 6 nitrogen and oxygen atoms in total. The average molecular weight is 387 g/mol. The highest BCUT2D eigenvalue weighted by Gasteiger charge is 2.26. The van der Waals surface area contributed by atoms with E-state index in [1.165, 1.54) is 0 Å². The second-order valence-electron chi connectivity index (χ2n) is 6.88. The van der Waals surface area contributed by atoms with Crippen LogP contribution in [0.15, 0.2) is 60.7 Å². The lowest BCUT2D eigenvalue weighted by Crippen LogP contribution is -2.19. The summed E-state index contributed by atoms with van der Waals surface area (Å²) in [4.78, 5) is 24.4. The minimum Gasteiger partial charge on any atom is -0.496 e. The Kier molecular flexibility index (Phi) is 4.91. The van der Waals surface area contributed by atoms with Gasteiger partial charge in [0.05, 0.1) is 12.7 Å². The molecule has 0 radical (unpaired) electrons. The summed E-state index contributed by atoms with van der Waals surface area (Å²) in [6.45, 7) is 2.44. The van der Waals surface area contributed by atoms with E-state index >= 15 is 0 Å². The monoisotopic (exact) mass is 387 g/mol. The Hall–Kier alpha value is -3.80. The molecule has 0 aliphatic carbocycles. The van der Waals surface area contributed by atoms with Gasteiger partial charge in [-0.05, 0) is 59.5 Å². The summed E-state index contributed by atoms with van der Waals surface area (Å²) in [6.07, 6.45) is 0. The van der Waals surface area contributed by atoms with E-state index in [0.717, 1.165) is 27.9 Å². The van der Waals surface area contributed by atoms with E-state index in [2.05, 4.69) is 16.0 Å². The fourth-order valence-electron chi connectivity index (χ4n) is 3.51. The number of aryl methyl sites for hydroxylation is 1. The molecule has 3 amide bonds. The van der Waals surface area contributed by atoms with Gasteiger partial charge in [0.15, 0.2) is 0 Å². The van der Waals surface area contributed by atoms with Crippen LogP contribution in [0, 0.1) is 6.92 Å². The second-order valence-corrected chi connectivity index (χ2v) is 6.88. The molecule has 4 rings (SSSR count). The number of carbonyl (C=O) groups is 2. The lowest BCUT2D eigenvalue weighted by atomic mass is 9.96. The quantitative estimate of drug-likeness (QED) is 0.614. The van der Waals surface area contributed by atoms with Crippen LogP contribution in [0.2, 0.25) is 0 Å². The Labute approximate surface area is 168 Å². The zero-order chi connectivity index (χ0) is 20.4. The Morgan fingerprint density at radius 2 is 1.76 bits per heavy atom. The highest BCUT2D eigenvalue weighted by Crippen LogP contribution is 2.35. The molecule has 0 bridgehead atoms. The molecule has 0 fully saturated rings. The number of hydrogen-bond donors (Lipinski definition) is 3. The van der Waals surface area contributed by atoms with Crippen molar-refractivity contribution in [1.29, 1.82) is 0 Å². The van der Waals surface area contributed by atoms with Gasteiger partial charge in [-0.25, -0.2) is 4.79 Å². The number of carbonyl (C=O) groups excluding carboxylic acids is 2. The molecule has 3 aromatic rings. The number of amides is 3. The zero-order valence-electron chi connectivity index (χ0n) is 16.2. The van der Waals surface area contributed by atoms with Crippen LogP contribution in [-0.4, -0.2) is 19.0 Å². The fourth-order valence-corrected chi connectivity index (χ4v) is 3.51. The van der Waals surface area contributed by atoms with Gasteiger partial charge >= 0.3 is 6.03 Å². The average Bonchev–Trinajstić information content (AvgIpc) is 3.10. The molecular weight excluding hydrogens is 366 g/mol. The Bertz CT molecular complexity index is 1090. The summed E-state index contributed by atoms with van der Waals surface area (Å²) in [5.41, 5.74) is 5.94. The van der Waals surface area contributed by atoms with E-state index in [0.29, 0.717) is 23.5 Å². The van der Waals surface area contributed by atoms with Crippen LogP contribution >= 0.6 is 0 Å². The van der Waals surface area contributed by atoms with Crippen molar-refractivity contribution < 1.29 is 14.3 Å². The largest absolute Gasteiger partial charge is 0.496 e. The minimum absolute atomic E-state index is 0.121. The molecule has 146 valence electrons. The van der Waals surface area contributed by atoms with Crippen LogP contribution in [0.5, 0.6) is 5.75 Å². The smallest absolute Gasteiger partial charge is 0.323 e. The predicted molar refractivity (Wildman–Crippen MR) is 113 cm³/mol. The summed E-state index contributed by atoms with van der Waals surface area (Å²) in [5.74, 6) is 0.453. The molecule has 1 heterocycles. The van der Waals surface area contributed by atoms with Gasteiger partial charge in [0.2, 0.25) is 0 Å². The summed E-state index contributed by atoms with van der Waals surface area (Å²) in [5, 5.41) is 8.50. The number of hydrogen-bond acceptors (Lipinski definition) is 3. The van der Waals surface area contributed by atoms with Crippen molar-refractivity contribution in [3.8, 4) is 16.9 Å². The molecule has 0 saturated carbocycles. The second kappa shape index (κ2) is 7.67. The number of rotatable bonds is 4. The van der Waals surface area contributed by atoms with Crippen LogP contribution < -0.4 is 20.7 Å². The van der Waals surface area contributed by atoms with E-state index < -0.39 is 0 Å². The summed E-state index contributed by atoms with van der Waals surface area (Å²) in [6, 6.07) is 18.6. The Balaban J connectivity index is 1.52. The highest BCUT2D eigenvalue weighted by molar-refractivity contribution is 6.03. The lowest BCUT2D eigenvalue weighted by molar-refractivity contribution is 0.0963. The Morgan fingerprint density at radius 3 is 2.48 bits per heavy atom. The van der Waals surface area contributed by atoms with E-state index in [4.69, 9.17) is 4.74 Å². The number of fused-ring (bicyclic) bond motifs is 1. The third kappa shape index (κ3) is 3.78. The molecule has 3 aromatic carbocycles. The number of benzene rings is 3. The van der Waals surface area contributed by atoms with Crippen molar-refractivity contribution in [2.75, 3.05) is 17.7 Å².